The third kappa shape index (κ3) is 4.84. The Labute approximate surface area is 134 Å². The summed E-state index contributed by atoms with van der Waals surface area (Å²) in [5, 5.41) is 2.12. The number of carbonyl (C=O) groups is 2. The van der Waals surface area contributed by atoms with E-state index in [0.29, 0.717) is 19.1 Å². The number of halogens is 4. The zero-order chi connectivity index (χ0) is 17.0. The Morgan fingerprint density at radius 2 is 2.13 bits per heavy atom. The number of amides is 1. The van der Waals surface area contributed by atoms with Gasteiger partial charge in [-0.2, -0.15) is 13.2 Å². The van der Waals surface area contributed by atoms with Gasteiger partial charge in [-0.1, -0.05) is 11.6 Å². The van der Waals surface area contributed by atoms with E-state index in [2.05, 4.69) is 5.32 Å². The molecule has 1 aromatic carbocycles. The zero-order valence-corrected chi connectivity index (χ0v) is 12.5. The predicted molar refractivity (Wildman–Crippen MR) is 75.0 cm³/mol. The quantitative estimate of drug-likeness (QED) is 0.847. The molecule has 5 nitrogen and oxygen atoms in total. The molecule has 1 heterocycles. The van der Waals surface area contributed by atoms with Crippen molar-refractivity contribution in [3.8, 4) is 0 Å². The van der Waals surface area contributed by atoms with Crippen molar-refractivity contribution in [1.82, 2.24) is 0 Å². The average molecular weight is 352 g/mol. The van der Waals surface area contributed by atoms with Crippen LogP contribution in [0.3, 0.4) is 0 Å². The number of rotatable bonds is 4. The van der Waals surface area contributed by atoms with Crippen LogP contribution in [0.15, 0.2) is 18.2 Å². The number of alkyl halides is 3. The van der Waals surface area contributed by atoms with E-state index in [1.807, 2.05) is 0 Å². The van der Waals surface area contributed by atoms with Gasteiger partial charge in [-0.15, -0.1) is 0 Å². The fraction of sp³-hybridized carbons (Fsp3) is 0.429. The van der Waals surface area contributed by atoms with Crippen molar-refractivity contribution in [2.24, 2.45) is 0 Å². The summed E-state index contributed by atoms with van der Waals surface area (Å²) < 4.78 is 47.7. The van der Waals surface area contributed by atoms with E-state index in [1.165, 1.54) is 0 Å². The summed E-state index contributed by atoms with van der Waals surface area (Å²) in [5.74, 6) is -1.47. The van der Waals surface area contributed by atoms with Crippen LogP contribution in [-0.4, -0.2) is 31.2 Å². The van der Waals surface area contributed by atoms with Crippen LogP contribution in [0.4, 0.5) is 18.9 Å². The lowest BCUT2D eigenvalue weighted by Crippen LogP contribution is -2.27. The highest BCUT2D eigenvalue weighted by Gasteiger charge is 2.31. The summed E-state index contributed by atoms with van der Waals surface area (Å²) >= 11 is 5.75. The highest BCUT2D eigenvalue weighted by Crippen LogP contribution is 2.33. The Bertz CT molecular complexity index is 600. The smallest absolute Gasteiger partial charge is 0.416 e. The summed E-state index contributed by atoms with van der Waals surface area (Å²) in [6.07, 6.45) is -4.01. The maximum Gasteiger partial charge on any atom is 0.416 e. The molecule has 1 saturated heterocycles. The summed E-state index contributed by atoms with van der Waals surface area (Å²) in [4.78, 5) is 23.2. The second kappa shape index (κ2) is 7.18. The summed E-state index contributed by atoms with van der Waals surface area (Å²) in [7, 11) is 0. The molecule has 0 unspecified atom stereocenters. The van der Waals surface area contributed by atoms with Crippen molar-refractivity contribution >= 4 is 29.2 Å². The Morgan fingerprint density at radius 1 is 1.39 bits per heavy atom. The van der Waals surface area contributed by atoms with Crippen LogP contribution in [-0.2, 0) is 25.2 Å². The van der Waals surface area contributed by atoms with Gasteiger partial charge in [0.15, 0.2) is 12.7 Å². The second-order valence-corrected chi connectivity index (χ2v) is 5.26. The molecule has 0 spiro atoms. The van der Waals surface area contributed by atoms with Gasteiger partial charge in [0.05, 0.1) is 16.3 Å². The number of anilines is 1. The molecule has 126 valence electrons. The minimum absolute atomic E-state index is 0.0585. The van der Waals surface area contributed by atoms with Crippen molar-refractivity contribution in [2.75, 3.05) is 18.5 Å². The van der Waals surface area contributed by atoms with E-state index in [1.54, 1.807) is 0 Å². The summed E-state index contributed by atoms with van der Waals surface area (Å²) in [6.45, 7) is -0.183. The molecule has 1 aliphatic rings. The normalized spacial score (nSPS) is 17.8. The highest BCUT2D eigenvalue weighted by atomic mass is 35.5. The largest absolute Gasteiger partial charge is 0.454 e. The zero-order valence-electron chi connectivity index (χ0n) is 11.8. The van der Waals surface area contributed by atoms with Gasteiger partial charge in [0.25, 0.3) is 5.91 Å². The number of carbonyl (C=O) groups excluding carboxylic acids is 2. The van der Waals surface area contributed by atoms with Crippen LogP contribution in [0, 0.1) is 0 Å². The average Bonchev–Trinajstić information content (AvgIpc) is 3.00. The molecule has 1 atom stereocenters. The van der Waals surface area contributed by atoms with E-state index in [4.69, 9.17) is 21.1 Å². The second-order valence-electron chi connectivity index (χ2n) is 4.85. The molecule has 1 aromatic rings. The third-order valence-corrected chi connectivity index (χ3v) is 3.44. The van der Waals surface area contributed by atoms with Gasteiger partial charge in [-0.25, -0.2) is 4.79 Å². The van der Waals surface area contributed by atoms with Crippen LogP contribution in [0.5, 0.6) is 0 Å². The Morgan fingerprint density at radius 3 is 2.74 bits per heavy atom. The molecule has 0 aromatic heterocycles. The molecular weight excluding hydrogens is 339 g/mol. The molecule has 9 heteroatoms. The summed E-state index contributed by atoms with van der Waals surface area (Å²) in [5.41, 5.74) is -1.16. The van der Waals surface area contributed by atoms with Crippen molar-refractivity contribution < 1.29 is 32.2 Å². The first-order chi connectivity index (χ1) is 10.8. The molecule has 0 radical (unpaired) electrons. The molecular formula is C14H13ClF3NO4. The highest BCUT2D eigenvalue weighted by molar-refractivity contribution is 6.33. The van der Waals surface area contributed by atoms with E-state index in [0.717, 1.165) is 18.6 Å². The van der Waals surface area contributed by atoms with Crippen molar-refractivity contribution in [3.63, 3.8) is 0 Å². The van der Waals surface area contributed by atoms with Gasteiger partial charge in [-0.05, 0) is 31.0 Å². The van der Waals surface area contributed by atoms with Crippen molar-refractivity contribution in [3.05, 3.63) is 28.8 Å². The van der Waals surface area contributed by atoms with Crippen LogP contribution >= 0.6 is 11.6 Å². The Hall–Kier alpha value is -1.80. The predicted octanol–water partition coefficient (Wildman–Crippen LogP) is 3.02. The molecule has 0 saturated carbocycles. The molecule has 23 heavy (non-hydrogen) atoms. The Kier molecular flexibility index (Phi) is 5.48. The van der Waals surface area contributed by atoms with Gasteiger partial charge >= 0.3 is 12.1 Å². The standard InChI is InChI=1S/C14H13ClF3NO4/c15-9-4-3-8(14(16,17)18)6-10(9)19-12(20)7-23-13(21)11-2-1-5-22-11/h3-4,6,11H,1-2,5,7H2,(H,19,20)/t11-/m1/s1. The minimum Gasteiger partial charge on any atom is -0.454 e. The van der Waals surface area contributed by atoms with Crippen LogP contribution in [0.2, 0.25) is 5.02 Å². The van der Waals surface area contributed by atoms with Gasteiger partial charge in [-0.3, -0.25) is 4.79 Å². The fourth-order valence-corrected chi connectivity index (χ4v) is 2.14. The number of hydrogen-bond donors (Lipinski definition) is 1. The number of ether oxygens (including phenoxy) is 2. The monoisotopic (exact) mass is 351 g/mol. The van der Waals surface area contributed by atoms with E-state index >= 15 is 0 Å². The number of esters is 1. The topological polar surface area (TPSA) is 64.6 Å². The van der Waals surface area contributed by atoms with Gasteiger partial charge in [0.1, 0.15) is 0 Å². The van der Waals surface area contributed by atoms with Gasteiger partial charge in [0.2, 0.25) is 0 Å². The fourth-order valence-electron chi connectivity index (χ4n) is 1.98. The van der Waals surface area contributed by atoms with Crippen LogP contribution < -0.4 is 5.32 Å². The van der Waals surface area contributed by atoms with E-state index < -0.39 is 36.3 Å². The Balaban J connectivity index is 1.93. The maximum absolute atomic E-state index is 12.6. The lowest BCUT2D eigenvalue weighted by molar-refractivity contribution is -0.156. The first kappa shape index (κ1) is 17.6. The SMILES string of the molecule is O=C(COC(=O)[C@H]1CCCO1)Nc1cc(C(F)(F)F)ccc1Cl. The first-order valence-electron chi connectivity index (χ1n) is 6.72. The maximum atomic E-state index is 12.6. The number of nitrogens with one attached hydrogen (secondary N) is 1. The molecule has 0 bridgehead atoms. The molecule has 1 amide bonds. The lowest BCUT2D eigenvalue weighted by Gasteiger charge is -2.12. The van der Waals surface area contributed by atoms with Crippen LogP contribution in [0.25, 0.3) is 0 Å². The van der Waals surface area contributed by atoms with Crippen molar-refractivity contribution in [1.29, 1.82) is 0 Å². The van der Waals surface area contributed by atoms with E-state index in [9.17, 15) is 22.8 Å². The number of benzene rings is 1. The van der Waals surface area contributed by atoms with Gasteiger partial charge < -0.3 is 14.8 Å². The molecule has 0 aliphatic carbocycles. The third-order valence-electron chi connectivity index (χ3n) is 3.11. The minimum atomic E-state index is -4.56. The van der Waals surface area contributed by atoms with Crippen LogP contribution in [0.1, 0.15) is 18.4 Å². The molecule has 1 N–H and O–H groups in total. The number of hydrogen-bond acceptors (Lipinski definition) is 4. The first-order valence-corrected chi connectivity index (χ1v) is 7.10. The summed E-state index contributed by atoms with van der Waals surface area (Å²) in [6, 6.07) is 2.54. The molecule has 1 aliphatic heterocycles. The lowest BCUT2D eigenvalue weighted by atomic mass is 10.2. The van der Waals surface area contributed by atoms with E-state index in [-0.39, 0.29) is 10.7 Å². The van der Waals surface area contributed by atoms with Gasteiger partial charge in [0, 0.05) is 6.61 Å². The molecule has 1 fully saturated rings. The van der Waals surface area contributed by atoms with Crippen molar-refractivity contribution in [2.45, 2.75) is 25.1 Å². The molecule has 2 rings (SSSR count).